The Hall–Kier alpha value is -1.48. The van der Waals surface area contributed by atoms with Crippen molar-refractivity contribution in [1.29, 1.82) is 0 Å². The Morgan fingerprint density at radius 1 is 1.00 bits per heavy atom. The van der Waals surface area contributed by atoms with Crippen LogP contribution in [0.2, 0.25) is 5.15 Å². The standard InChI is InChI=1S/C14H14ClN3/c1-8-5-11(6-9(2)16-8)14-17-12(10-3-4-10)7-13(15)18-14/h5-7,10H,3-4H2,1-2H3. The number of hydrogen-bond donors (Lipinski definition) is 0. The number of halogens is 1. The van der Waals surface area contributed by atoms with E-state index in [4.69, 9.17) is 11.6 Å². The molecule has 1 fully saturated rings. The first-order valence-electron chi connectivity index (χ1n) is 6.12. The van der Waals surface area contributed by atoms with Crippen LogP contribution in [0.3, 0.4) is 0 Å². The third-order valence-electron chi connectivity index (χ3n) is 3.05. The van der Waals surface area contributed by atoms with Crippen LogP contribution in [0.5, 0.6) is 0 Å². The molecule has 1 aliphatic rings. The Labute approximate surface area is 111 Å². The minimum absolute atomic E-state index is 0.522. The fourth-order valence-corrected chi connectivity index (χ4v) is 2.31. The van der Waals surface area contributed by atoms with Gasteiger partial charge in [0.15, 0.2) is 5.82 Å². The largest absolute Gasteiger partial charge is 0.258 e. The van der Waals surface area contributed by atoms with Crippen molar-refractivity contribution in [1.82, 2.24) is 15.0 Å². The van der Waals surface area contributed by atoms with Crippen LogP contribution in [0, 0.1) is 13.8 Å². The average molecular weight is 260 g/mol. The molecule has 0 bridgehead atoms. The summed E-state index contributed by atoms with van der Waals surface area (Å²) in [5.41, 5.74) is 4.00. The molecule has 92 valence electrons. The molecule has 18 heavy (non-hydrogen) atoms. The van der Waals surface area contributed by atoms with Gasteiger partial charge in [0.25, 0.3) is 0 Å². The molecule has 0 aromatic carbocycles. The summed E-state index contributed by atoms with van der Waals surface area (Å²) in [6, 6.07) is 5.87. The number of aromatic nitrogens is 3. The van der Waals surface area contributed by atoms with Crippen LogP contribution in [-0.2, 0) is 0 Å². The van der Waals surface area contributed by atoms with E-state index >= 15 is 0 Å². The number of nitrogens with zero attached hydrogens (tertiary/aromatic N) is 3. The fraction of sp³-hybridized carbons (Fsp3) is 0.357. The predicted octanol–water partition coefficient (Wildman–Crippen LogP) is 3.69. The predicted molar refractivity (Wildman–Crippen MR) is 71.7 cm³/mol. The van der Waals surface area contributed by atoms with E-state index in [2.05, 4.69) is 15.0 Å². The highest BCUT2D eigenvalue weighted by atomic mass is 35.5. The van der Waals surface area contributed by atoms with E-state index in [-0.39, 0.29) is 0 Å². The maximum atomic E-state index is 6.08. The van der Waals surface area contributed by atoms with Crippen LogP contribution in [0.25, 0.3) is 11.4 Å². The van der Waals surface area contributed by atoms with Gasteiger partial charge in [0.05, 0.1) is 0 Å². The zero-order valence-electron chi connectivity index (χ0n) is 10.4. The molecule has 4 heteroatoms. The molecule has 2 heterocycles. The van der Waals surface area contributed by atoms with Gasteiger partial charge >= 0.3 is 0 Å². The fourth-order valence-electron chi connectivity index (χ4n) is 2.12. The first-order valence-corrected chi connectivity index (χ1v) is 6.50. The van der Waals surface area contributed by atoms with Gasteiger partial charge in [0.2, 0.25) is 0 Å². The summed E-state index contributed by atoms with van der Waals surface area (Å²) in [6.07, 6.45) is 2.42. The second kappa shape index (κ2) is 4.32. The van der Waals surface area contributed by atoms with E-state index in [1.54, 1.807) is 0 Å². The molecule has 3 rings (SSSR count). The quantitative estimate of drug-likeness (QED) is 0.772. The normalized spacial score (nSPS) is 14.8. The lowest BCUT2D eigenvalue weighted by Gasteiger charge is -2.06. The molecule has 1 saturated carbocycles. The highest BCUT2D eigenvalue weighted by molar-refractivity contribution is 6.29. The van der Waals surface area contributed by atoms with Crippen molar-refractivity contribution in [3.05, 3.63) is 40.4 Å². The smallest absolute Gasteiger partial charge is 0.161 e. The van der Waals surface area contributed by atoms with Crippen molar-refractivity contribution < 1.29 is 0 Å². The minimum atomic E-state index is 0.522. The molecule has 0 aliphatic heterocycles. The van der Waals surface area contributed by atoms with E-state index in [1.165, 1.54) is 12.8 Å². The minimum Gasteiger partial charge on any atom is -0.258 e. The lowest BCUT2D eigenvalue weighted by Crippen LogP contribution is -1.97. The molecule has 3 nitrogen and oxygen atoms in total. The van der Waals surface area contributed by atoms with Crippen molar-refractivity contribution in [2.75, 3.05) is 0 Å². The van der Waals surface area contributed by atoms with Crippen molar-refractivity contribution >= 4 is 11.6 Å². The summed E-state index contributed by atoms with van der Waals surface area (Å²) in [4.78, 5) is 13.3. The lowest BCUT2D eigenvalue weighted by atomic mass is 10.2. The first kappa shape index (κ1) is 11.6. The van der Waals surface area contributed by atoms with E-state index in [0.717, 1.165) is 22.6 Å². The van der Waals surface area contributed by atoms with Crippen LogP contribution in [-0.4, -0.2) is 15.0 Å². The summed E-state index contributed by atoms with van der Waals surface area (Å²) >= 11 is 6.08. The van der Waals surface area contributed by atoms with Gasteiger partial charge in [-0.25, -0.2) is 9.97 Å². The molecule has 0 N–H and O–H groups in total. The van der Waals surface area contributed by atoms with E-state index in [1.807, 2.05) is 32.0 Å². The molecule has 0 radical (unpaired) electrons. The molecular weight excluding hydrogens is 246 g/mol. The van der Waals surface area contributed by atoms with Gasteiger partial charge in [-0.15, -0.1) is 0 Å². The van der Waals surface area contributed by atoms with Crippen LogP contribution in [0.1, 0.15) is 35.8 Å². The van der Waals surface area contributed by atoms with Crippen LogP contribution in [0.15, 0.2) is 18.2 Å². The molecule has 0 saturated heterocycles. The van der Waals surface area contributed by atoms with Crippen molar-refractivity contribution in [3.8, 4) is 11.4 Å². The van der Waals surface area contributed by atoms with Gasteiger partial charge in [-0.3, -0.25) is 4.98 Å². The van der Waals surface area contributed by atoms with Gasteiger partial charge in [-0.2, -0.15) is 0 Å². The third-order valence-corrected chi connectivity index (χ3v) is 3.24. The van der Waals surface area contributed by atoms with Crippen molar-refractivity contribution in [2.45, 2.75) is 32.6 Å². The summed E-state index contributed by atoms with van der Waals surface area (Å²) in [5, 5.41) is 0.522. The second-order valence-electron chi connectivity index (χ2n) is 4.85. The zero-order valence-corrected chi connectivity index (χ0v) is 11.2. The third kappa shape index (κ3) is 2.36. The second-order valence-corrected chi connectivity index (χ2v) is 5.24. The summed E-state index contributed by atoms with van der Waals surface area (Å²) in [5.74, 6) is 1.28. The number of rotatable bonds is 2. The van der Waals surface area contributed by atoms with Gasteiger partial charge in [0, 0.05) is 28.6 Å². The zero-order chi connectivity index (χ0) is 12.7. The molecule has 1 aliphatic carbocycles. The molecule has 0 amide bonds. The maximum absolute atomic E-state index is 6.08. The molecule has 0 atom stereocenters. The van der Waals surface area contributed by atoms with Gasteiger partial charge in [0.1, 0.15) is 5.15 Å². The Morgan fingerprint density at radius 3 is 2.28 bits per heavy atom. The van der Waals surface area contributed by atoms with Crippen LogP contribution >= 0.6 is 11.6 Å². The molecule has 2 aromatic heterocycles. The van der Waals surface area contributed by atoms with Crippen molar-refractivity contribution in [3.63, 3.8) is 0 Å². The summed E-state index contributed by atoms with van der Waals surface area (Å²) < 4.78 is 0. The Bertz CT molecular complexity index is 586. The molecule has 2 aromatic rings. The highest BCUT2D eigenvalue weighted by Gasteiger charge is 2.26. The number of pyridine rings is 1. The average Bonchev–Trinajstić information content (AvgIpc) is 3.10. The monoisotopic (exact) mass is 259 g/mol. The van der Waals surface area contributed by atoms with Crippen molar-refractivity contribution in [2.24, 2.45) is 0 Å². The number of hydrogen-bond acceptors (Lipinski definition) is 3. The molecule has 0 unspecified atom stereocenters. The van der Waals surface area contributed by atoms with Gasteiger partial charge in [-0.1, -0.05) is 11.6 Å². The number of aryl methyl sites for hydroxylation is 2. The summed E-state index contributed by atoms with van der Waals surface area (Å²) in [6.45, 7) is 3.95. The Morgan fingerprint density at radius 2 is 1.67 bits per heavy atom. The Balaban J connectivity index is 2.09. The van der Waals surface area contributed by atoms with E-state index in [9.17, 15) is 0 Å². The molecule has 0 spiro atoms. The van der Waals surface area contributed by atoms with Gasteiger partial charge in [-0.05, 0) is 44.9 Å². The highest BCUT2D eigenvalue weighted by Crippen LogP contribution is 2.40. The topological polar surface area (TPSA) is 38.7 Å². The van der Waals surface area contributed by atoms with E-state index < -0.39 is 0 Å². The molecular formula is C14H14ClN3. The summed E-state index contributed by atoms with van der Waals surface area (Å²) in [7, 11) is 0. The van der Waals surface area contributed by atoms with Gasteiger partial charge < -0.3 is 0 Å². The lowest BCUT2D eigenvalue weighted by molar-refractivity contribution is 0.991. The Kier molecular flexibility index (Phi) is 2.78. The van der Waals surface area contributed by atoms with E-state index in [0.29, 0.717) is 16.9 Å². The first-order chi connectivity index (χ1) is 8.61. The van der Waals surface area contributed by atoms with Crippen LogP contribution in [0.4, 0.5) is 0 Å². The maximum Gasteiger partial charge on any atom is 0.161 e. The SMILES string of the molecule is Cc1cc(-c2nc(Cl)cc(C3CC3)n2)cc(C)n1. The van der Waals surface area contributed by atoms with Crippen LogP contribution < -0.4 is 0 Å².